The predicted octanol–water partition coefficient (Wildman–Crippen LogP) is 2.81. The van der Waals surface area contributed by atoms with E-state index in [2.05, 4.69) is 5.32 Å². The Bertz CT molecular complexity index is 717. The van der Waals surface area contributed by atoms with Crippen molar-refractivity contribution in [3.05, 3.63) is 69.5 Å². The van der Waals surface area contributed by atoms with Gasteiger partial charge < -0.3 is 11.1 Å². The second kappa shape index (κ2) is 5.47. The van der Waals surface area contributed by atoms with Crippen molar-refractivity contribution >= 4 is 17.5 Å². The van der Waals surface area contributed by atoms with Crippen molar-refractivity contribution in [3.8, 4) is 0 Å². The maximum atomic E-state index is 13.5. The molecule has 108 valence electrons. The summed E-state index contributed by atoms with van der Waals surface area (Å²) in [6.45, 7) is 0.646. The van der Waals surface area contributed by atoms with E-state index < -0.39 is 11.9 Å². The average molecular weight is 305 g/mol. The number of hydrogen-bond acceptors (Lipinski definition) is 2. The van der Waals surface area contributed by atoms with Crippen LogP contribution in [0.5, 0.6) is 0 Å². The second-order valence-electron chi connectivity index (χ2n) is 5.04. The van der Waals surface area contributed by atoms with E-state index in [0.717, 1.165) is 17.5 Å². The first kappa shape index (κ1) is 14.0. The third-order valence-electron chi connectivity index (χ3n) is 3.73. The van der Waals surface area contributed by atoms with Gasteiger partial charge in [0.1, 0.15) is 5.82 Å². The highest BCUT2D eigenvalue weighted by Gasteiger charge is 2.20. The number of benzene rings is 2. The van der Waals surface area contributed by atoms with Gasteiger partial charge in [0.2, 0.25) is 0 Å². The van der Waals surface area contributed by atoms with E-state index in [9.17, 15) is 9.18 Å². The maximum Gasteiger partial charge on any atom is 0.251 e. The van der Waals surface area contributed by atoms with Crippen molar-refractivity contribution in [2.24, 2.45) is 5.73 Å². The molecule has 5 heteroatoms. The summed E-state index contributed by atoms with van der Waals surface area (Å²) in [5, 5.41) is 2.82. The summed E-state index contributed by atoms with van der Waals surface area (Å²) >= 11 is 5.98. The van der Waals surface area contributed by atoms with Crippen LogP contribution in [0.4, 0.5) is 4.39 Å². The third-order valence-corrected chi connectivity index (χ3v) is 4.13. The molecule has 1 aliphatic heterocycles. The van der Waals surface area contributed by atoms with Gasteiger partial charge in [0.05, 0.1) is 11.1 Å². The number of carbonyl (C=O) groups excluding carboxylic acids is 1. The maximum absolute atomic E-state index is 13.5. The highest BCUT2D eigenvalue weighted by molar-refractivity contribution is 6.31. The zero-order valence-corrected chi connectivity index (χ0v) is 12.0. The minimum absolute atomic E-state index is 0.0205. The number of halogens is 2. The smallest absolute Gasteiger partial charge is 0.251 e. The Labute approximate surface area is 126 Å². The van der Waals surface area contributed by atoms with Crippen molar-refractivity contribution < 1.29 is 9.18 Å². The van der Waals surface area contributed by atoms with Crippen LogP contribution in [-0.2, 0) is 6.42 Å². The first-order valence-corrected chi connectivity index (χ1v) is 7.06. The van der Waals surface area contributed by atoms with E-state index in [0.29, 0.717) is 17.7 Å². The lowest BCUT2D eigenvalue weighted by Gasteiger charge is -2.20. The molecule has 0 bridgehead atoms. The molecule has 1 unspecified atom stereocenters. The Kier molecular flexibility index (Phi) is 3.66. The molecule has 1 atom stereocenters. The summed E-state index contributed by atoms with van der Waals surface area (Å²) in [4.78, 5) is 11.9. The number of hydrogen-bond donors (Lipinski definition) is 2. The van der Waals surface area contributed by atoms with Crippen LogP contribution in [0.2, 0.25) is 5.02 Å². The fraction of sp³-hybridized carbons (Fsp3) is 0.188. The van der Waals surface area contributed by atoms with Gasteiger partial charge in [-0.05, 0) is 35.2 Å². The molecule has 3 rings (SSSR count). The molecule has 1 amide bonds. The summed E-state index contributed by atoms with van der Waals surface area (Å²) in [6.07, 6.45) is 0.803. The number of nitrogens with one attached hydrogen (secondary N) is 1. The minimum atomic E-state index is -0.576. The molecule has 3 nitrogen and oxygen atoms in total. The molecular formula is C16H14ClFN2O. The minimum Gasteiger partial charge on any atom is -0.352 e. The molecule has 2 aromatic rings. The van der Waals surface area contributed by atoms with Crippen LogP contribution in [0.1, 0.15) is 33.1 Å². The molecule has 0 aliphatic carbocycles. The molecule has 0 saturated carbocycles. The van der Waals surface area contributed by atoms with Gasteiger partial charge >= 0.3 is 0 Å². The lowest BCUT2D eigenvalue weighted by Crippen LogP contribution is -2.32. The first-order valence-electron chi connectivity index (χ1n) is 6.68. The average Bonchev–Trinajstić information content (AvgIpc) is 2.49. The van der Waals surface area contributed by atoms with Crippen molar-refractivity contribution in [2.75, 3.05) is 6.54 Å². The van der Waals surface area contributed by atoms with Gasteiger partial charge in [0, 0.05) is 12.1 Å². The lowest BCUT2D eigenvalue weighted by atomic mass is 9.93. The third kappa shape index (κ3) is 2.52. The number of amides is 1. The zero-order chi connectivity index (χ0) is 15.0. The summed E-state index contributed by atoms with van der Waals surface area (Å²) in [7, 11) is 0. The van der Waals surface area contributed by atoms with Gasteiger partial charge in [-0.2, -0.15) is 0 Å². The van der Waals surface area contributed by atoms with Gasteiger partial charge in [-0.25, -0.2) is 4.39 Å². The molecule has 3 N–H and O–H groups in total. The van der Waals surface area contributed by atoms with Gasteiger partial charge in [0.15, 0.2) is 0 Å². The standard InChI is InChI=1S/C16H14ClFN2O/c17-14-11(2-1-3-13(14)18)15(19)10-5-4-9-6-7-20-16(21)12(9)8-10/h1-5,8,15H,6-7,19H2,(H,20,21). The largest absolute Gasteiger partial charge is 0.352 e. The highest BCUT2D eigenvalue weighted by Crippen LogP contribution is 2.29. The molecule has 1 heterocycles. The Morgan fingerprint density at radius 3 is 2.90 bits per heavy atom. The van der Waals surface area contributed by atoms with E-state index in [1.807, 2.05) is 12.1 Å². The van der Waals surface area contributed by atoms with E-state index >= 15 is 0 Å². The second-order valence-corrected chi connectivity index (χ2v) is 5.42. The zero-order valence-electron chi connectivity index (χ0n) is 11.2. The molecule has 0 fully saturated rings. The van der Waals surface area contributed by atoms with E-state index in [-0.39, 0.29) is 10.9 Å². The predicted molar refractivity (Wildman–Crippen MR) is 79.9 cm³/mol. The fourth-order valence-electron chi connectivity index (χ4n) is 2.56. The quantitative estimate of drug-likeness (QED) is 0.896. The van der Waals surface area contributed by atoms with E-state index in [1.54, 1.807) is 18.2 Å². The first-order chi connectivity index (χ1) is 10.1. The molecule has 0 radical (unpaired) electrons. The van der Waals surface area contributed by atoms with E-state index in [4.69, 9.17) is 17.3 Å². The number of carbonyl (C=O) groups is 1. The summed E-state index contributed by atoms with van der Waals surface area (Å²) < 4.78 is 13.5. The SMILES string of the molecule is NC(c1ccc2c(c1)C(=O)NCC2)c1cccc(F)c1Cl. The van der Waals surface area contributed by atoms with E-state index in [1.165, 1.54) is 6.07 Å². The van der Waals surface area contributed by atoms with Crippen LogP contribution in [-0.4, -0.2) is 12.5 Å². The van der Waals surface area contributed by atoms with Crippen molar-refractivity contribution in [1.29, 1.82) is 0 Å². The number of fused-ring (bicyclic) bond motifs is 1. The number of nitrogens with two attached hydrogens (primary N) is 1. The van der Waals surface area contributed by atoms with Crippen LogP contribution in [0, 0.1) is 5.82 Å². The van der Waals surface area contributed by atoms with Crippen LogP contribution in [0.15, 0.2) is 36.4 Å². The number of rotatable bonds is 2. The topological polar surface area (TPSA) is 55.1 Å². The Morgan fingerprint density at radius 1 is 1.29 bits per heavy atom. The van der Waals surface area contributed by atoms with Crippen molar-refractivity contribution in [3.63, 3.8) is 0 Å². The monoisotopic (exact) mass is 304 g/mol. The van der Waals surface area contributed by atoms with Gasteiger partial charge in [0.25, 0.3) is 5.91 Å². The van der Waals surface area contributed by atoms with Gasteiger partial charge in [-0.15, -0.1) is 0 Å². The van der Waals surface area contributed by atoms with Crippen LogP contribution >= 0.6 is 11.6 Å². The molecule has 0 spiro atoms. The summed E-state index contributed by atoms with van der Waals surface area (Å²) in [5.41, 5.74) is 9.05. The summed E-state index contributed by atoms with van der Waals surface area (Å²) in [6, 6.07) is 9.50. The molecule has 2 aromatic carbocycles. The molecule has 0 aromatic heterocycles. The van der Waals surface area contributed by atoms with Crippen molar-refractivity contribution in [1.82, 2.24) is 5.32 Å². The molecule has 21 heavy (non-hydrogen) atoms. The highest BCUT2D eigenvalue weighted by atomic mass is 35.5. The Hall–Kier alpha value is -1.91. The van der Waals surface area contributed by atoms with Crippen LogP contribution in [0.25, 0.3) is 0 Å². The molecule has 0 saturated heterocycles. The van der Waals surface area contributed by atoms with Crippen LogP contribution in [0.3, 0.4) is 0 Å². The Balaban J connectivity index is 2.02. The normalized spacial score (nSPS) is 15.3. The van der Waals surface area contributed by atoms with Crippen LogP contribution < -0.4 is 11.1 Å². The van der Waals surface area contributed by atoms with Crippen molar-refractivity contribution in [2.45, 2.75) is 12.5 Å². The summed E-state index contributed by atoms with van der Waals surface area (Å²) in [5.74, 6) is -0.601. The molecule has 1 aliphatic rings. The molecular weight excluding hydrogens is 291 g/mol. The lowest BCUT2D eigenvalue weighted by molar-refractivity contribution is 0.0946. The Morgan fingerprint density at radius 2 is 2.10 bits per heavy atom. The fourth-order valence-corrected chi connectivity index (χ4v) is 2.81. The van der Waals surface area contributed by atoms with Gasteiger partial charge in [-0.3, -0.25) is 4.79 Å². The van der Waals surface area contributed by atoms with Gasteiger partial charge in [-0.1, -0.05) is 35.9 Å².